The van der Waals surface area contributed by atoms with Crippen molar-refractivity contribution in [2.75, 3.05) is 13.2 Å². The molecule has 0 saturated carbocycles. The van der Waals surface area contributed by atoms with Crippen LogP contribution in [0.1, 0.15) is 36.0 Å². The molecule has 0 aromatic heterocycles. The highest BCUT2D eigenvalue weighted by atomic mass is 16.7. The van der Waals surface area contributed by atoms with E-state index in [0.717, 1.165) is 37.5 Å². The van der Waals surface area contributed by atoms with Crippen LogP contribution in [0.3, 0.4) is 0 Å². The third-order valence-electron chi connectivity index (χ3n) is 5.34. The Kier molecular flexibility index (Phi) is 2.85. The summed E-state index contributed by atoms with van der Waals surface area (Å²) in [6.07, 6.45) is 6.72. The largest absolute Gasteiger partial charge is 0.344 e. The molecule has 1 aliphatic heterocycles. The molecule has 2 aliphatic carbocycles. The van der Waals surface area contributed by atoms with E-state index < -0.39 is 5.79 Å². The minimum Gasteiger partial charge on any atom is -0.344 e. The molecule has 0 bridgehead atoms. The highest BCUT2D eigenvalue weighted by molar-refractivity contribution is 5.89. The topological polar surface area (TPSA) is 35.5 Å². The van der Waals surface area contributed by atoms with Crippen LogP contribution in [-0.4, -0.2) is 25.3 Å². The Labute approximate surface area is 124 Å². The lowest BCUT2D eigenvalue weighted by Gasteiger charge is -2.43. The summed E-state index contributed by atoms with van der Waals surface area (Å²) in [4.78, 5) is 11.9. The molecule has 21 heavy (non-hydrogen) atoms. The summed E-state index contributed by atoms with van der Waals surface area (Å²) in [5.74, 6) is -0.597. The summed E-state index contributed by atoms with van der Waals surface area (Å²) in [6.45, 7) is 3.42. The third kappa shape index (κ3) is 1.84. The molecular weight excluding hydrogens is 264 g/mol. The van der Waals surface area contributed by atoms with E-state index in [-0.39, 0.29) is 5.41 Å². The van der Waals surface area contributed by atoms with E-state index in [1.165, 1.54) is 16.7 Å². The van der Waals surface area contributed by atoms with Crippen molar-refractivity contribution in [2.24, 2.45) is 5.41 Å². The quantitative estimate of drug-likeness (QED) is 0.744. The van der Waals surface area contributed by atoms with Crippen LogP contribution >= 0.6 is 0 Å². The van der Waals surface area contributed by atoms with Gasteiger partial charge in [0.2, 0.25) is 0 Å². The maximum Gasteiger partial charge on any atom is 0.188 e. The Morgan fingerprint density at radius 2 is 1.95 bits per heavy atom. The Morgan fingerprint density at radius 1 is 1.14 bits per heavy atom. The molecule has 1 atom stereocenters. The average Bonchev–Trinajstić information content (AvgIpc) is 2.96. The van der Waals surface area contributed by atoms with Crippen molar-refractivity contribution in [1.29, 1.82) is 0 Å². The standard InChI is InChI=1S/C18H20O3/c1-13-3-2-4-15-14(13)5-6-17(12-19)7-8-18(11-16(15)17)20-9-10-21-18/h2-4,11-12H,5-10H2,1H3. The van der Waals surface area contributed by atoms with Crippen LogP contribution in [0.2, 0.25) is 0 Å². The maximum absolute atomic E-state index is 11.9. The van der Waals surface area contributed by atoms with Gasteiger partial charge >= 0.3 is 0 Å². The molecule has 1 fully saturated rings. The second-order valence-corrected chi connectivity index (χ2v) is 6.44. The summed E-state index contributed by atoms with van der Waals surface area (Å²) in [7, 11) is 0. The highest BCUT2D eigenvalue weighted by Crippen LogP contribution is 2.53. The van der Waals surface area contributed by atoms with Crippen LogP contribution in [0.4, 0.5) is 0 Å². The first kappa shape index (κ1) is 13.2. The Bertz CT molecular complexity index is 625. The van der Waals surface area contributed by atoms with E-state index in [0.29, 0.717) is 13.2 Å². The summed E-state index contributed by atoms with van der Waals surface area (Å²) in [6, 6.07) is 6.36. The molecule has 1 spiro atoms. The maximum atomic E-state index is 11.9. The number of rotatable bonds is 1. The molecule has 1 heterocycles. The minimum atomic E-state index is -0.597. The third-order valence-corrected chi connectivity index (χ3v) is 5.34. The predicted octanol–water partition coefficient (Wildman–Crippen LogP) is 3.05. The highest BCUT2D eigenvalue weighted by Gasteiger charge is 2.48. The van der Waals surface area contributed by atoms with Gasteiger partial charge in [-0.2, -0.15) is 0 Å². The first-order chi connectivity index (χ1) is 10.2. The van der Waals surface area contributed by atoms with Crippen molar-refractivity contribution in [1.82, 2.24) is 0 Å². The second-order valence-electron chi connectivity index (χ2n) is 6.44. The van der Waals surface area contributed by atoms with Crippen LogP contribution in [-0.2, 0) is 20.7 Å². The molecule has 4 rings (SSSR count). The molecule has 1 aromatic carbocycles. The first-order valence-electron chi connectivity index (χ1n) is 7.75. The number of hydrogen-bond acceptors (Lipinski definition) is 3. The number of carbonyl (C=O) groups is 1. The van der Waals surface area contributed by atoms with E-state index in [9.17, 15) is 4.79 Å². The van der Waals surface area contributed by atoms with Crippen molar-refractivity contribution in [3.8, 4) is 0 Å². The predicted molar refractivity (Wildman–Crippen MR) is 79.8 cm³/mol. The molecule has 1 saturated heterocycles. The Morgan fingerprint density at radius 3 is 2.71 bits per heavy atom. The summed E-state index contributed by atoms with van der Waals surface area (Å²) >= 11 is 0. The van der Waals surface area contributed by atoms with Crippen molar-refractivity contribution < 1.29 is 14.3 Å². The zero-order valence-corrected chi connectivity index (χ0v) is 12.4. The molecule has 1 aromatic rings. The van der Waals surface area contributed by atoms with Gasteiger partial charge < -0.3 is 14.3 Å². The fraction of sp³-hybridized carbons (Fsp3) is 0.500. The molecule has 0 N–H and O–H groups in total. The Hall–Kier alpha value is -1.45. The van der Waals surface area contributed by atoms with Crippen LogP contribution in [0, 0.1) is 12.3 Å². The summed E-state index contributed by atoms with van der Waals surface area (Å²) in [5.41, 5.74) is 4.67. The van der Waals surface area contributed by atoms with Gasteiger partial charge in [0, 0.05) is 6.42 Å². The summed E-state index contributed by atoms with van der Waals surface area (Å²) in [5, 5.41) is 0. The van der Waals surface area contributed by atoms with E-state index in [2.05, 4.69) is 31.2 Å². The van der Waals surface area contributed by atoms with Crippen LogP contribution in [0.5, 0.6) is 0 Å². The van der Waals surface area contributed by atoms with Gasteiger partial charge in [0.15, 0.2) is 5.79 Å². The van der Waals surface area contributed by atoms with Gasteiger partial charge in [-0.1, -0.05) is 18.2 Å². The van der Waals surface area contributed by atoms with Gasteiger partial charge in [-0.3, -0.25) is 0 Å². The fourth-order valence-electron chi connectivity index (χ4n) is 4.09. The van der Waals surface area contributed by atoms with Crippen LogP contribution in [0.25, 0.3) is 5.57 Å². The molecule has 0 radical (unpaired) electrons. The molecular formula is C18H20O3. The number of aldehydes is 1. The fourth-order valence-corrected chi connectivity index (χ4v) is 4.09. The van der Waals surface area contributed by atoms with Crippen molar-refractivity contribution in [3.63, 3.8) is 0 Å². The van der Waals surface area contributed by atoms with Gasteiger partial charge in [-0.05, 0) is 54.5 Å². The van der Waals surface area contributed by atoms with E-state index in [1.54, 1.807) is 0 Å². The van der Waals surface area contributed by atoms with Crippen molar-refractivity contribution in [3.05, 3.63) is 41.0 Å². The van der Waals surface area contributed by atoms with E-state index in [1.807, 2.05) is 0 Å². The van der Waals surface area contributed by atoms with E-state index >= 15 is 0 Å². The van der Waals surface area contributed by atoms with Gasteiger partial charge in [0.05, 0.1) is 18.6 Å². The second kappa shape index (κ2) is 4.52. The van der Waals surface area contributed by atoms with Crippen LogP contribution in [0.15, 0.2) is 24.3 Å². The SMILES string of the molecule is Cc1cccc2c1CCC1(C=O)CCC3(C=C21)OCCO3. The molecule has 3 nitrogen and oxygen atoms in total. The van der Waals surface area contributed by atoms with Gasteiger partial charge in [0.1, 0.15) is 6.29 Å². The molecule has 0 amide bonds. The molecule has 3 heteroatoms. The van der Waals surface area contributed by atoms with E-state index in [4.69, 9.17) is 9.47 Å². The Balaban J connectivity index is 1.91. The van der Waals surface area contributed by atoms with Crippen molar-refractivity contribution in [2.45, 2.75) is 38.4 Å². The lowest BCUT2D eigenvalue weighted by atomic mass is 9.62. The van der Waals surface area contributed by atoms with Gasteiger partial charge in [-0.25, -0.2) is 0 Å². The number of aryl methyl sites for hydroxylation is 1. The van der Waals surface area contributed by atoms with Crippen LogP contribution < -0.4 is 0 Å². The molecule has 110 valence electrons. The van der Waals surface area contributed by atoms with Gasteiger partial charge in [-0.15, -0.1) is 0 Å². The molecule has 1 unspecified atom stereocenters. The average molecular weight is 284 g/mol. The number of allylic oxidation sites excluding steroid dienone is 1. The number of ether oxygens (including phenoxy) is 2. The normalized spacial score (nSPS) is 29.7. The minimum absolute atomic E-state index is 0.346. The lowest BCUT2D eigenvalue weighted by molar-refractivity contribution is -0.134. The van der Waals surface area contributed by atoms with Crippen molar-refractivity contribution >= 4 is 11.9 Å². The smallest absolute Gasteiger partial charge is 0.188 e. The first-order valence-corrected chi connectivity index (χ1v) is 7.75. The zero-order valence-electron chi connectivity index (χ0n) is 12.4. The van der Waals surface area contributed by atoms with Gasteiger partial charge in [0.25, 0.3) is 0 Å². The number of hydrogen-bond donors (Lipinski definition) is 0. The summed E-state index contributed by atoms with van der Waals surface area (Å²) < 4.78 is 11.7. The number of carbonyl (C=O) groups excluding carboxylic acids is 1. The number of benzene rings is 1. The lowest BCUT2D eigenvalue weighted by Crippen LogP contribution is -2.41. The number of fused-ring (bicyclic) bond motifs is 3. The monoisotopic (exact) mass is 284 g/mol. The molecule has 3 aliphatic rings. The zero-order chi connectivity index (χ0) is 14.5.